The molecule has 2 rings (SSSR count). The fraction of sp³-hybridized carbons (Fsp3) is 0.633. The number of aryl methyl sites for hydroxylation is 1. The largest absolute Gasteiger partial charge is 1.00 e. The van der Waals surface area contributed by atoms with Crippen LogP contribution in [0.4, 0.5) is 0 Å². The zero-order chi connectivity index (χ0) is 22.7. The first-order valence-corrected chi connectivity index (χ1v) is 13.6. The van der Waals surface area contributed by atoms with Crippen LogP contribution in [0.3, 0.4) is 0 Å². The highest BCUT2D eigenvalue weighted by atomic mass is 35.5. The van der Waals surface area contributed by atoms with Gasteiger partial charge in [-0.2, -0.15) is 0 Å². The van der Waals surface area contributed by atoms with Gasteiger partial charge >= 0.3 is 0 Å². The average Bonchev–Trinajstić information content (AvgIpc) is 3.28. The van der Waals surface area contributed by atoms with Gasteiger partial charge in [-0.1, -0.05) is 134 Å². The second-order valence-electron chi connectivity index (χ2n) is 9.49. The van der Waals surface area contributed by atoms with E-state index in [1.165, 1.54) is 108 Å². The lowest BCUT2D eigenvalue weighted by atomic mass is 10.0. The van der Waals surface area contributed by atoms with E-state index in [1.807, 2.05) is 6.08 Å². The maximum absolute atomic E-state index is 4.04. The molecule has 0 amide bonds. The molecule has 186 valence electrons. The Hall–Kier alpha value is -1.54. The van der Waals surface area contributed by atoms with Gasteiger partial charge in [0, 0.05) is 5.56 Å². The number of nitrogens with zero attached hydrogens (tertiary/aromatic N) is 2. The maximum Gasteiger partial charge on any atom is 0.244 e. The molecule has 0 saturated carbocycles. The Labute approximate surface area is 210 Å². The minimum atomic E-state index is 0. The van der Waals surface area contributed by atoms with Crippen molar-refractivity contribution in [2.24, 2.45) is 0 Å². The van der Waals surface area contributed by atoms with Gasteiger partial charge in [0.15, 0.2) is 0 Å². The van der Waals surface area contributed by atoms with E-state index in [0.717, 1.165) is 6.54 Å². The van der Waals surface area contributed by atoms with E-state index < -0.39 is 0 Å². The first kappa shape index (κ1) is 29.5. The second-order valence-corrected chi connectivity index (χ2v) is 9.49. The fourth-order valence-electron chi connectivity index (χ4n) is 4.63. The van der Waals surface area contributed by atoms with Crippen LogP contribution in [0.2, 0.25) is 0 Å². The summed E-state index contributed by atoms with van der Waals surface area (Å²) in [4.78, 5) is 0. The molecule has 33 heavy (non-hydrogen) atoms. The smallest absolute Gasteiger partial charge is 0.244 e. The SMILES string of the molecule is C=CC(c1ccccc1)n1cc[n+](CCCCCCCCCCCCCCCCCC)c1.[Cl-]. The van der Waals surface area contributed by atoms with Crippen molar-refractivity contribution in [1.82, 2.24) is 4.57 Å². The van der Waals surface area contributed by atoms with Crippen molar-refractivity contribution >= 4 is 0 Å². The fourth-order valence-corrected chi connectivity index (χ4v) is 4.63. The number of benzene rings is 1. The van der Waals surface area contributed by atoms with Gasteiger partial charge in [-0.25, -0.2) is 9.13 Å². The third-order valence-corrected chi connectivity index (χ3v) is 6.67. The summed E-state index contributed by atoms with van der Waals surface area (Å²) in [6.07, 6.45) is 31.4. The van der Waals surface area contributed by atoms with Gasteiger partial charge < -0.3 is 12.4 Å². The highest BCUT2D eigenvalue weighted by Crippen LogP contribution is 2.18. The van der Waals surface area contributed by atoms with E-state index in [2.05, 4.69) is 71.7 Å². The summed E-state index contributed by atoms with van der Waals surface area (Å²) in [6, 6.07) is 10.8. The van der Waals surface area contributed by atoms with Crippen molar-refractivity contribution < 1.29 is 17.0 Å². The standard InChI is InChI=1S/C30H49N2.ClH/c1-3-5-6-7-8-9-10-11-12-13-14-15-16-17-18-22-25-31-26-27-32(28-31)30(4-2)29-23-20-19-21-24-29;/h4,19-21,23-24,26-28,30H,2-3,5-18,22,25H2,1H3;1H/q+1;/p-1. The molecular weight excluding hydrogens is 424 g/mol. The number of halogens is 1. The molecule has 1 heterocycles. The van der Waals surface area contributed by atoms with E-state index in [0.29, 0.717) is 0 Å². The Morgan fingerprint density at radius 1 is 0.758 bits per heavy atom. The number of hydrogen-bond acceptors (Lipinski definition) is 0. The Morgan fingerprint density at radius 3 is 1.73 bits per heavy atom. The lowest BCUT2D eigenvalue weighted by Gasteiger charge is -2.08. The Morgan fingerprint density at radius 2 is 1.24 bits per heavy atom. The maximum atomic E-state index is 4.04. The molecule has 1 aromatic heterocycles. The van der Waals surface area contributed by atoms with Gasteiger partial charge in [0.2, 0.25) is 6.33 Å². The van der Waals surface area contributed by atoms with Gasteiger partial charge in [-0.05, 0) is 18.9 Å². The number of unbranched alkanes of at least 4 members (excludes halogenated alkanes) is 15. The van der Waals surface area contributed by atoms with Crippen LogP contribution in [0.1, 0.15) is 121 Å². The topological polar surface area (TPSA) is 8.81 Å². The molecule has 0 saturated heterocycles. The Balaban J connectivity index is 0.00000544. The number of imidazole rings is 1. The van der Waals surface area contributed by atoms with Crippen molar-refractivity contribution in [3.63, 3.8) is 0 Å². The molecule has 2 aromatic rings. The molecule has 2 nitrogen and oxygen atoms in total. The minimum absolute atomic E-state index is 0. The summed E-state index contributed by atoms with van der Waals surface area (Å²) in [6.45, 7) is 7.45. The van der Waals surface area contributed by atoms with Gasteiger partial charge in [-0.3, -0.25) is 0 Å². The van der Waals surface area contributed by atoms with Gasteiger partial charge in [0.25, 0.3) is 0 Å². The highest BCUT2D eigenvalue weighted by molar-refractivity contribution is 5.23. The van der Waals surface area contributed by atoms with Crippen LogP contribution in [-0.2, 0) is 6.54 Å². The predicted octanol–water partition coefficient (Wildman–Crippen LogP) is 5.82. The summed E-state index contributed by atoms with van der Waals surface area (Å²) in [7, 11) is 0. The summed E-state index contributed by atoms with van der Waals surface area (Å²) in [5.41, 5.74) is 1.28. The summed E-state index contributed by atoms with van der Waals surface area (Å²) >= 11 is 0. The van der Waals surface area contributed by atoms with Crippen LogP contribution in [0.5, 0.6) is 0 Å². The molecule has 1 atom stereocenters. The van der Waals surface area contributed by atoms with Crippen molar-refractivity contribution in [1.29, 1.82) is 0 Å². The van der Waals surface area contributed by atoms with Crippen LogP contribution in [0.15, 0.2) is 61.7 Å². The van der Waals surface area contributed by atoms with Gasteiger partial charge in [-0.15, -0.1) is 0 Å². The van der Waals surface area contributed by atoms with Crippen LogP contribution in [0, 0.1) is 0 Å². The van der Waals surface area contributed by atoms with E-state index >= 15 is 0 Å². The van der Waals surface area contributed by atoms with Crippen LogP contribution in [0.25, 0.3) is 0 Å². The molecule has 0 aliphatic carbocycles. The predicted molar refractivity (Wildman–Crippen MR) is 139 cm³/mol. The molecule has 0 fully saturated rings. The van der Waals surface area contributed by atoms with Crippen LogP contribution in [-0.4, -0.2) is 4.57 Å². The van der Waals surface area contributed by atoms with E-state index in [9.17, 15) is 0 Å². The molecule has 0 N–H and O–H groups in total. The third-order valence-electron chi connectivity index (χ3n) is 6.67. The zero-order valence-corrected chi connectivity index (χ0v) is 22.0. The van der Waals surface area contributed by atoms with Crippen molar-refractivity contribution in [3.8, 4) is 0 Å². The summed E-state index contributed by atoms with van der Waals surface area (Å²) < 4.78 is 4.58. The lowest BCUT2D eigenvalue weighted by Crippen LogP contribution is -3.00. The number of rotatable bonds is 20. The second kappa shape index (κ2) is 19.9. The molecular formula is C30H49ClN2. The molecule has 1 aromatic carbocycles. The van der Waals surface area contributed by atoms with Crippen LogP contribution >= 0.6 is 0 Å². The molecule has 0 aliphatic heterocycles. The third kappa shape index (κ3) is 13.1. The summed E-state index contributed by atoms with van der Waals surface area (Å²) in [5, 5.41) is 0. The number of aromatic nitrogens is 2. The average molecular weight is 473 g/mol. The Kier molecular flexibility index (Phi) is 17.8. The van der Waals surface area contributed by atoms with Gasteiger partial charge in [0.1, 0.15) is 18.4 Å². The van der Waals surface area contributed by atoms with Crippen LogP contribution < -0.4 is 17.0 Å². The van der Waals surface area contributed by atoms with E-state index in [1.54, 1.807) is 0 Å². The highest BCUT2D eigenvalue weighted by Gasteiger charge is 2.15. The molecule has 0 bridgehead atoms. The molecule has 0 radical (unpaired) electrons. The minimum Gasteiger partial charge on any atom is -1.00 e. The molecule has 1 unspecified atom stereocenters. The lowest BCUT2D eigenvalue weighted by molar-refractivity contribution is -0.697. The van der Waals surface area contributed by atoms with E-state index in [-0.39, 0.29) is 18.4 Å². The van der Waals surface area contributed by atoms with Crippen molar-refractivity contribution in [3.05, 3.63) is 67.3 Å². The number of hydrogen-bond donors (Lipinski definition) is 0. The zero-order valence-electron chi connectivity index (χ0n) is 21.3. The van der Waals surface area contributed by atoms with E-state index in [4.69, 9.17) is 0 Å². The first-order chi connectivity index (χ1) is 15.8. The van der Waals surface area contributed by atoms with Gasteiger partial charge in [0.05, 0.1) is 6.54 Å². The van der Waals surface area contributed by atoms with Crippen molar-refractivity contribution in [2.75, 3.05) is 0 Å². The Bertz CT molecular complexity index is 694. The molecule has 0 aliphatic rings. The number of allylic oxidation sites excluding steroid dienone is 1. The molecule has 3 heteroatoms. The normalized spacial score (nSPS) is 11.8. The molecule has 0 spiro atoms. The summed E-state index contributed by atoms with van der Waals surface area (Å²) in [5.74, 6) is 0. The first-order valence-electron chi connectivity index (χ1n) is 13.6. The monoisotopic (exact) mass is 472 g/mol. The van der Waals surface area contributed by atoms with Crippen molar-refractivity contribution in [2.45, 2.75) is 122 Å². The quantitative estimate of drug-likeness (QED) is 0.130.